The summed E-state index contributed by atoms with van der Waals surface area (Å²) < 4.78 is 13.0. The fourth-order valence-electron chi connectivity index (χ4n) is 2.56. The summed E-state index contributed by atoms with van der Waals surface area (Å²) in [5.41, 5.74) is 2.38. The Morgan fingerprint density at radius 1 is 1.36 bits per heavy atom. The molecule has 72 valence electrons. The van der Waals surface area contributed by atoms with Crippen LogP contribution in [-0.4, -0.2) is 4.99 Å². The third-order valence-electron chi connectivity index (χ3n) is 3.16. The highest BCUT2D eigenvalue weighted by Gasteiger charge is 2.38. The highest BCUT2D eigenvalue weighted by atomic mass is 32.1. The SMILES string of the molecule is Fc1ccc2c(c1)CC1CC(=S)NC21. The standard InChI is InChI=1S/C11H10FNS/c12-8-1-2-9-6(4-8)3-7-5-10(14)13-11(7)9/h1-2,4,7,11H,3,5H2,(H,13,14). The third kappa shape index (κ3) is 1.08. The summed E-state index contributed by atoms with van der Waals surface area (Å²) in [6.07, 6.45) is 1.92. The van der Waals surface area contributed by atoms with Gasteiger partial charge < -0.3 is 5.32 Å². The Labute approximate surface area is 87.3 Å². The predicted molar refractivity (Wildman–Crippen MR) is 56.7 cm³/mol. The summed E-state index contributed by atoms with van der Waals surface area (Å²) in [6.45, 7) is 0. The second-order valence-corrected chi connectivity index (χ2v) is 4.55. The first-order chi connectivity index (χ1) is 6.74. The fraction of sp³-hybridized carbons (Fsp3) is 0.364. The zero-order valence-corrected chi connectivity index (χ0v) is 8.40. The molecule has 1 fully saturated rings. The molecule has 2 atom stereocenters. The van der Waals surface area contributed by atoms with Gasteiger partial charge >= 0.3 is 0 Å². The molecular formula is C11H10FNS. The second-order valence-electron chi connectivity index (χ2n) is 4.06. The van der Waals surface area contributed by atoms with Gasteiger partial charge in [0.05, 0.1) is 11.0 Å². The van der Waals surface area contributed by atoms with Gasteiger partial charge in [-0.1, -0.05) is 18.3 Å². The van der Waals surface area contributed by atoms with Crippen LogP contribution in [0.15, 0.2) is 18.2 Å². The van der Waals surface area contributed by atoms with Crippen molar-refractivity contribution in [3.8, 4) is 0 Å². The first kappa shape index (κ1) is 8.36. The van der Waals surface area contributed by atoms with E-state index >= 15 is 0 Å². The van der Waals surface area contributed by atoms with Crippen LogP contribution in [0.3, 0.4) is 0 Å². The van der Waals surface area contributed by atoms with Crippen LogP contribution in [0.5, 0.6) is 0 Å². The van der Waals surface area contributed by atoms with Gasteiger partial charge in [-0.05, 0) is 35.6 Å². The van der Waals surface area contributed by atoms with Crippen LogP contribution in [0.25, 0.3) is 0 Å². The molecule has 3 heteroatoms. The molecule has 1 nitrogen and oxygen atoms in total. The molecule has 0 radical (unpaired) electrons. The van der Waals surface area contributed by atoms with Crippen LogP contribution in [-0.2, 0) is 6.42 Å². The number of hydrogen-bond acceptors (Lipinski definition) is 1. The van der Waals surface area contributed by atoms with Crippen molar-refractivity contribution in [2.24, 2.45) is 5.92 Å². The van der Waals surface area contributed by atoms with E-state index in [1.807, 2.05) is 6.07 Å². The van der Waals surface area contributed by atoms with Gasteiger partial charge in [0, 0.05) is 6.42 Å². The van der Waals surface area contributed by atoms with E-state index in [2.05, 4.69) is 5.32 Å². The van der Waals surface area contributed by atoms with Crippen molar-refractivity contribution in [3.63, 3.8) is 0 Å². The fourth-order valence-corrected chi connectivity index (χ4v) is 2.91. The largest absolute Gasteiger partial charge is 0.373 e. The van der Waals surface area contributed by atoms with Crippen molar-refractivity contribution in [2.75, 3.05) is 0 Å². The molecule has 1 aliphatic carbocycles. The van der Waals surface area contributed by atoms with Crippen molar-refractivity contribution < 1.29 is 4.39 Å². The van der Waals surface area contributed by atoms with Crippen LogP contribution in [0, 0.1) is 11.7 Å². The molecule has 0 saturated carbocycles. The second kappa shape index (κ2) is 2.76. The summed E-state index contributed by atoms with van der Waals surface area (Å²) >= 11 is 5.14. The molecular weight excluding hydrogens is 197 g/mol. The third-order valence-corrected chi connectivity index (χ3v) is 3.44. The number of nitrogens with one attached hydrogen (secondary N) is 1. The molecule has 2 aliphatic rings. The Balaban J connectivity index is 2.05. The summed E-state index contributed by atoms with van der Waals surface area (Å²) in [7, 11) is 0. The lowest BCUT2D eigenvalue weighted by Gasteiger charge is -2.09. The van der Waals surface area contributed by atoms with E-state index in [-0.39, 0.29) is 5.82 Å². The molecule has 3 rings (SSSR count). The molecule has 0 amide bonds. The van der Waals surface area contributed by atoms with Crippen LogP contribution in [0.1, 0.15) is 23.6 Å². The molecule has 1 saturated heterocycles. The van der Waals surface area contributed by atoms with Crippen molar-refractivity contribution in [1.29, 1.82) is 0 Å². The summed E-state index contributed by atoms with van der Waals surface area (Å²) in [6, 6.07) is 5.41. The van der Waals surface area contributed by atoms with Crippen LogP contribution in [0.4, 0.5) is 4.39 Å². The average Bonchev–Trinajstić information content (AvgIpc) is 2.59. The first-order valence-corrected chi connectivity index (χ1v) is 5.22. The first-order valence-electron chi connectivity index (χ1n) is 4.82. The lowest BCUT2D eigenvalue weighted by molar-refractivity contribution is 0.505. The van der Waals surface area contributed by atoms with Gasteiger partial charge in [0.2, 0.25) is 0 Å². The monoisotopic (exact) mass is 207 g/mol. The van der Waals surface area contributed by atoms with Crippen LogP contribution >= 0.6 is 12.2 Å². The van der Waals surface area contributed by atoms with Gasteiger partial charge in [0.1, 0.15) is 5.82 Å². The Kier molecular flexibility index (Phi) is 1.65. The van der Waals surface area contributed by atoms with Crippen LogP contribution < -0.4 is 5.32 Å². The smallest absolute Gasteiger partial charge is 0.123 e. The molecule has 1 aromatic carbocycles. The molecule has 14 heavy (non-hydrogen) atoms. The zero-order chi connectivity index (χ0) is 9.71. The maximum absolute atomic E-state index is 13.0. The van der Waals surface area contributed by atoms with Gasteiger partial charge in [-0.3, -0.25) is 0 Å². The number of halogens is 1. The van der Waals surface area contributed by atoms with Gasteiger partial charge in [-0.15, -0.1) is 0 Å². The van der Waals surface area contributed by atoms with Crippen molar-refractivity contribution in [1.82, 2.24) is 5.32 Å². The van der Waals surface area contributed by atoms with Crippen molar-refractivity contribution in [3.05, 3.63) is 35.1 Å². The van der Waals surface area contributed by atoms with E-state index in [4.69, 9.17) is 12.2 Å². The average molecular weight is 207 g/mol. The number of benzene rings is 1. The lowest BCUT2D eigenvalue weighted by Crippen LogP contribution is -2.17. The van der Waals surface area contributed by atoms with Crippen molar-refractivity contribution in [2.45, 2.75) is 18.9 Å². The lowest BCUT2D eigenvalue weighted by atomic mass is 10.0. The van der Waals surface area contributed by atoms with E-state index in [9.17, 15) is 4.39 Å². The van der Waals surface area contributed by atoms with E-state index in [1.165, 1.54) is 11.6 Å². The minimum absolute atomic E-state index is 0.133. The highest BCUT2D eigenvalue weighted by molar-refractivity contribution is 7.80. The van der Waals surface area contributed by atoms with Gasteiger partial charge in [-0.2, -0.15) is 0 Å². The number of thiocarbonyl (C=S) groups is 1. The van der Waals surface area contributed by atoms with Crippen molar-refractivity contribution >= 4 is 17.2 Å². The van der Waals surface area contributed by atoms with Gasteiger partial charge in [-0.25, -0.2) is 4.39 Å². The number of fused-ring (bicyclic) bond motifs is 3. The molecule has 1 N–H and O–H groups in total. The summed E-state index contributed by atoms with van der Waals surface area (Å²) in [4.78, 5) is 0.954. The van der Waals surface area contributed by atoms with E-state index in [0.29, 0.717) is 12.0 Å². The molecule has 1 aromatic rings. The molecule has 0 bridgehead atoms. The van der Waals surface area contributed by atoms with E-state index in [0.717, 1.165) is 23.4 Å². The van der Waals surface area contributed by atoms with E-state index in [1.54, 1.807) is 6.07 Å². The Morgan fingerprint density at radius 2 is 2.21 bits per heavy atom. The van der Waals surface area contributed by atoms with Gasteiger partial charge in [0.25, 0.3) is 0 Å². The normalized spacial score (nSPS) is 28.5. The minimum atomic E-state index is -0.133. The quantitative estimate of drug-likeness (QED) is 0.655. The maximum Gasteiger partial charge on any atom is 0.123 e. The number of rotatable bonds is 0. The minimum Gasteiger partial charge on any atom is -0.373 e. The topological polar surface area (TPSA) is 12.0 Å². The van der Waals surface area contributed by atoms with Gasteiger partial charge in [0.15, 0.2) is 0 Å². The van der Waals surface area contributed by atoms with Crippen LogP contribution in [0.2, 0.25) is 0 Å². The predicted octanol–water partition coefficient (Wildman–Crippen LogP) is 2.36. The maximum atomic E-state index is 13.0. The Hall–Kier alpha value is -0.960. The molecule has 1 aliphatic heterocycles. The van der Waals surface area contributed by atoms with E-state index < -0.39 is 0 Å². The molecule has 1 heterocycles. The highest BCUT2D eigenvalue weighted by Crippen LogP contribution is 2.41. The molecule has 0 spiro atoms. The Bertz CT molecular complexity index is 416. The Morgan fingerprint density at radius 3 is 3.07 bits per heavy atom. The summed E-state index contributed by atoms with van der Waals surface area (Å²) in [5, 5.41) is 3.30. The molecule has 2 unspecified atom stereocenters. The molecule has 0 aromatic heterocycles. The number of hydrogen-bond donors (Lipinski definition) is 1. The summed E-state index contributed by atoms with van der Waals surface area (Å²) in [5.74, 6) is 0.422. The zero-order valence-electron chi connectivity index (χ0n) is 7.59.